The number of benzene rings is 1. The van der Waals surface area contributed by atoms with E-state index < -0.39 is 0 Å². The fourth-order valence-corrected chi connectivity index (χ4v) is 4.83. The predicted octanol–water partition coefficient (Wildman–Crippen LogP) is 5.40. The van der Waals surface area contributed by atoms with Crippen LogP contribution in [0.1, 0.15) is 54.8 Å². The molecule has 2 aliphatic rings. The zero-order chi connectivity index (χ0) is 17.9. The van der Waals surface area contributed by atoms with E-state index in [9.17, 15) is 4.79 Å². The third-order valence-corrected chi connectivity index (χ3v) is 6.21. The van der Waals surface area contributed by atoms with Gasteiger partial charge in [0.1, 0.15) is 6.61 Å². The maximum Gasteiger partial charge on any atom is 0.416 e. The van der Waals surface area contributed by atoms with E-state index in [1.165, 1.54) is 54.6 Å². The topological polar surface area (TPSA) is 42.4 Å². The first kappa shape index (κ1) is 17.3. The molecule has 1 saturated carbocycles. The minimum absolute atomic E-state index is 0.306. The molecule has 0 N–H and O–H groups in total. The van der Waals surface area contributed by atoms with Crippen molar-refractivity contribution < 1.29 is 9.53 Å². The van der Waals surface area contributed by atoms with Crippen molar-refractivity contribution in [3.63, 3.8) is 0 Å². The van der Waals surface area contributed by atoms with Gasteiger partial charge in [-0.15, -0.1) is 11.3 Å². The van der Waals surface area contributed by atoms with E-state index in [-0.39, 0.29) is 6.09 Å². The summed E-state index contributed by atoms with van der Waals surface area (Å²) in [6.45, 7) is 5.28. The lowest BCUT2D eigenvalue weighted by molar-refractivity contribution is 0.181. The molecule has 1 amide bonds. The van der Waals surface area contributed by atoms with Gasteiger partial charge in [0, 0.05) is 5.38 Å². The number of hydrogen-bond donors (Lipinski definition) is 0. The van der Waals surface area contributed by atoms with Gasteiger partial charge < -0.3 is 4.74 Å². The second kappa shape index (κ2) is 7.62. The molecule has 0 unspecified atom stereocenters. The molecular formula is C21H24N2O2S. The van der Waals surface area contributed by atoms with Crippen molar-refractivity contribution in [1.82, 2.24) is 4.98 Å². The summed E-state index contributed by atoms with van der Waals surface area (Å²) in [7, 11) is 0. The maximum absolute atomic E-state index is 11.7. The average Bonchev–Trinajstić information content (AvgIpc) is 3.32. The van der Waals surface area contributed by atoms with Gasteiger partial charge in [-0.3, -0.25) is 0 Å². The van der Waals surface area contributed by atoms with Gasteiger partial charge in [0.2, 0.25) is 0 Å². The number of carbonyl (C=O) groups is 1. The summed E-state index contributed by atoms with van der Waals surface area (Å²) in [5, 5.41) is 2.69. The van der Waals surface area contributed by atoms with Crippen LogP contribution in [0.5, 0.6) is 0 Å². The fourth-order valence-electron chi connectivity index (χ4n) is 3.95. The van der Waals surface area contributed by atoms with Gasteiger partial charge in [0.25, 0.3) is 0 Å². The molecule has 2 aromatic rings. The Kier molecular flexibility index (Phi) is 5.07. The summed E-state index contributed by atoms with van der Waals surface area (Å²) in [6.07, 6.45) is 7.12. The average molecular weight is 369 g/mol. The highest BCUT2D eigenvalue weighted by atomic mass is 32.1. The number of amides is 1. The monoisotopic (exact) mass is 368 g/mol. The van der Waals surface area contributed by atoms with E-state index in [1.807, 2.05) is 5.38 Å². The Labute approximate surface area is 158 Å². The molecule has 1 aliphatic heterocycles. The number of cyclic esters (lactones) is 1. The Balaban J connectivity index is 1.50. The van der Waals surface area contributed by atoms with Crippen LogP contribution in [0, 0.1) is 0 Å². The first-order chi connectivity index (χ1) is 12.7. The number of nitrogens with zero attached hydrogens (tertiary/aromatic N) is 2. The molecular weight excluding hydrogens is 344 g/mol. The highest BCUT2D eigenvalue weighted by Gasteiger charge is 2.26. The zero-order valence-corrected chi connectivity index (χ0v) is 15.8. The molecule has 0 atom stereocenters. The summed E-state index contributed by atoms with van der Waals surface area (Å²) in [6, 6.07) is 8.77. The predicted molar refractivity (Wildman–Crippen MR) is 106 cm³/mol. The van der Waals surface area contributed by atoms with Crippen LogP contribution in [0.4, 0.5) is 9.93 Å². The standard InChI is InChI=1S/C21H24N2O2S/c1-15(19-14-26-20(22-19)23-11-12-25-21(23)24)13-17-9-5-6-10-18(17)16-7-3-2-4-8-16/h5-6,9-10,14,16H,1-4,7-8,11-13H2. The van der Waals surface area contributed by atoms with Crippen molar-refractivity contribution in [1.29, 1.82) is 0 Å². The smallest absolute Gasteiger partial charge is 0.416 e. The van der Waals surface area contributed by atoms with Crippen LogP contribution in [0.2, 0.25) is 0 Å². The van der Waals surface area contributed by atoms with Crippen molar-refractivity contribution in [2.75, 3.05) is 18.1 Å². The van der Waals surface area contributed by atoms with E-state index in [1.54, 1.807) is 4.90 Å². The highest BCUT2D eigenvalue weighted by Crippen LogP contribution is 2.36. The molecule has 1 aromatic carbocycles. The molecule has 26 heavy (non-hydrogen) atoms. The van der Waals surface area contributed by atoms with Crippen LogP contribution in [-0.4, -0.2) is 24.2 Å². The Morgan fingerprint density at radius 1 is 1.27 bits per heavy atom. The van der Waals surface area contributed by atoms with E-state index in [0.717, 1.165) is 17.7 Å². The fraction of sp³-hybridized carbons (Fsp3) is 0.429. The Morgan fingerprint density at radius 3 is 2.85 bits per heavy atom. The van der Waals surface area contributed by atoms with Crippen molar-refractivity contribution in [3.8, 4) is 0 Å². The van der Waals surface area contributed by atoms with Crippen molar-refractivity contribution in [2.24, 2.45) is 0 Å². The molecule has 1 aliphatic carbocycles. The van der Waals surface area contributed by atoms with Crippen LogP contribution in [0.25, 0.3) is 5.57 Å². The molecule has 4 rings (SSSR count). The van der Waals surface area contributed by atoms with Crippen LogP contribution in [0.15, 0.2) is 36.2 Å². The van der Waals surface area contributed by atoms with Crippen LogP contribution >= 0.6 is 11.3 Å². The highest BCUT2D eigenvalue weighted by molar-refractivity contribution is 7.14. The van der Waals surface area contributed by atoms with Gasteiger partial charge in [-0.2, -0.15) is 0 Å². The first-order valence-electron chi connectivity index (χ1n) is 9.38. The molecule has 1 aromatic heterocycles. The molecule has 0 bridgehead atoms. The Morgan fingerprint density at radius 2 is 2.08 bits per heavy atom. The number of allylic oxidation sites excluding steroid dienone is 1. The molecule has 0 radical (unpaired) electrons. The van der Waals surface area contributed by atoms with Gasteiger partial charge >= 0.3 is 6.09 Å². The molecule has 136 valence electrons. The van der Waals surface area contributed by atoms with E-state index >= 15 is 0 Å². The largest absolute Gasteiger partial charge is 0.447 e. The molecule has 4 nitrogen and oxygen atoms in total. The molecule has 2 fully saturated rings. The van der Waals surface area contributed by atoms with Crippen LogP contribution < -0.4 is 4.90 Å². The molecule has 2 heterocycles. The van der Waals surface area contributed by atoms with E-state index in [0.29, 0.717) is 24.2 Å². The van der Waals surface area contributed by atoms with Crippen LogP contribution in [-0.2, 0) is 11.2 Å². The van der Waals surface area contributed by atoms with Gasteiger partial charge in [-0.1, -0.05) is 50.1 Å². The number of rotatable bonds is 5. The lowest BCUT2D eigenvalue weighted by Crippen LogP contribution is -2.23. The number of ether oxygens (including phenoxy) is 1. The second-order valence-electron chi connectivity index (χ2n) is 7.10. The van der Waals surface area contributed by atoms with Crippen molar-refractivity contribution in [3.05, 3.63) is 53.0 Å². The van der Waals surface area contributed by atoms with Crippen LogP contribution in [0.3, 0.4) is 0 Å². The second-order valence-corrected chi connectivity index (χ2v) is 7.93. The SMILES string of the molecule is C=C(Cc1ccccc1C1CCCCC1)c1csc(N2CCOC2=O)n1. The van der Waals surface area contributed by atoms with Gasteiger partial charge in [-0.05, 0) is 41.9 Å². The summed E-state index contributed by atoms with van der Waals surface area (Å²) in [4.78, 5) is 17.9. The summed E-state index contributed by atoms with van der Waals surface area (Å²) < 4.78 is 5.00. The third-order valence-electron chi connectivity index (χ3n) is 5.35. The summed E-state index contributed by atoms with van der Waals surface area (Å²) >= 11 is 1.47. The zero-order valence-electron chi connectivity index (χ0n) is 14.9. The third kappa shape index (κ3) is 3.54. The minimum Gasteiger partial charge on any atom is -0.447 e. The molecule has 1 saturated heterocycles. The maximum atomic E-state index is 11.7. The normalized spacial score (nSPS) is 18.2. The van der Waals surface area contributed by atoms with Crippen molar-refractivity contribution >= 4 is 28.1 Å². The number of hydrogen-bond acceptors (Lipinski definition) is 4. The lowest BCUT2D eigenvalue weighted by Gasteiger charge is -2.24. The van der Waals surface area contributed by atoms with E-state index in [2.05, 4.69) is 35.8 Å². The summed E-state index contributed by atoms with van der Waals surface area (Å²) in [5.74, 6) is 0.679. The number of carbonyl (C=O) groups excluding carboxylic acids is 1. The van der Waals surface area contributed by atoms with E-state index in [4.69, 9.17) is 4.74 Å². The molecule has 0 spiro atoms. The van der Waals surface area contributed by atoms with Gasteiger partial charge in [0.05, 0.1) is 12.2 Å². The quantitative estimate of drug-likeness (QED) is 0.709. The van der Waals surface area contributed by atoms with Gasteiger partial charge in [-0.25, -0.2) is 14.7 Å². The number of thiazole rings is 1. The Bertz CT molecular complexity index is 808. The number of anilines is 1. The number of aromatic nitrogens is 1. The first-order valence-corrected chi connectivity index (χ1v) is 10.3. The lowest BCUT2D eigenvalue weighted by atomic mass is 9.81. The summed E-state index contributed by atoms with van der Waals surface area (Å²) in [5.41, 5.74) is 4.72. The van der Waals surface area contributed by atoms with Gasteiger partial charge in [0.15, 0.2) is 5.13 Å². The Hall–Kier alpha value is -2.14. The molecule has 5 heteroatoms. The minimum atomic E-state index is -0.306. The van der Waals surface area contributed by atoms with Crippen molar-refractivity contribution in [2.45, 2.75) is 44.4 Å².